The molecule has 0 atom stereocenters. The Morgan fingerprint density at radius 1 is 1.24 bits per heavy atom. The lowest BCUT2D eigenvalue weighted by molar-refractivity contribution is -0.136. The topological polar surface area (TPSA) is 93.5 Å². The summed E-state index contributed by atoms with van der Waals surface area (Å²) in [5.74, 6) is -0.123. The third kappa shape index (κ3) is 5.70. The number of rotatable bonds is 7. The summed E-state index contributed by atoms with van der Waals surface area (Å²) in [7, 11) is 0. The summed E-state index contributed by atoms with van der Waals surface area (Å²) in [4.78, 5) is 24.6. The van der Waals surface area contributed by atoms with Crippen LogP contribution in [-0.2, 0) is 16.1 Å². The van der Waals surface area contributed by atoms with E-state index in [1.54, 1.807) is 6.07 Å². The average molecular weight is 370 g/mol. The van der Waals surface area contributed by atoms with Gasteiger partial charge in [0.1, 0.15) is 0 Å². The van der Waals surface area contributed by atoms with Crippen molar-refractivity contribution in [2.75, 3.05) is 26.3 Å². The lowest BCUT2D eigenvalue weighted by atomic mass is 9.79. The van der Waals surface area contributed by atoms with E-state index in [4.69, 9.17) is 10.5 Å². The second kappa shape index (κ2) is 10.4. The van der Waals surface area contributed by atoms with Crippen LogP contribution in [0.5, 0.6) is 0 Å². The lowest BCUT2D eigenvalue weighted by Gasteiger charge is -2.34. The second-order valence-electron chi connectivity index (χ2n) is 6.24. The molecule has 0 radical (unpaired) electrons. The Labute approximate surface area is 155 Å². The number of halogens is 1. The molecule has 2 rings (SSSR count). The molecule has 25 heavy (non-hydrogen) atoms. The standard InChI is InChI=1S/C18H27N3O3.ClH/c1-2-8-20-16(22)15-5-3-4-14(11-15)12-21-17(23)18(13-19)6-9-24-10-7-18;/h3-5,11H,2,6-10,12-13,19H2,1H3,(H,20,22)(H,21,23);1H. The number of hydrogen-bond acceptors (Lipinski definition) is 4. The van der Waals surface area contributed by atoms with Crippen LogP contribution < -0.4 is 16.4 Å². The van der Waals surface area contributed by atoms with Crippen molar-refractivity contribution in [3.63, 3.8) is 0 Å². The first-order chi connectivity index (χ1) is 11.6. The molecule has 1 aromatic carbocycles. The molecule has 0 saturated carbocycles. The van der Waals surface area contributed by atoms with Gasteiger partial charge in [-0.05, 0) is 37.0 Å². The van der Waals surface area contributed by atoms with E-state index in [0.29, 0.717) is 51.3 Å². The van der Waals surface area contributed by atoms with Gasteiger partial charge < -0.3 is 21.1 Å². The highest BCUT2D eigenvalue weighted by Gasteiger charge is 2.38. The molecule has 2 amide bonds. The van der Waals surface area contributed by atoms with E-state index in [9.17, 15) is 9.59 Å². The van der Waals surface area contributed by atoms with Crippen molar-refractivity contribution >= 4 is 24.2 Å². The molecule has 0 bridgehead atoms. The fraction of sp³-hybridized carbons (Fsp3) is 0.556. The van der Waals surface area contributed by atoms with Gasteiger partial charge in [-0.3, -0.25) is 9.59 Å². The maximum Gasteiger partial charge on any atom is 0.251 e. The minimum Gasteiger partial charge on any atom is -0.381 e. The van der Waals surface area contributed by atoms with Crippen LogP contribution in [0.2, 0.25) is 0 Å². The smallest absolute Gasteiger partial charge is 0.251 e. The van der Waals surface area contributed by atoms with Crippen LogP contribution in [0.25, 0.3) is 0 Å². The Hall–Kier alpha value is -1.63. The van der Waals surface area contributed by atoms with Gasteiger partial charge in [0, 0.05) is 38.4 Å². The van der Waals surface area contributed by atoms with Crippen molar-refractivity contribution in [1.29, 1.82) is 0 Å². The molecule has 1 saturated heterocycles. The number of nitrogens with one attached hydrogen (secondary N) is 2. The SMILES string of the molecule is CCCNC(=O)c1cccc(CNC(=O)C2(CN)CCOCC2)c1.Cl. The van der Waals surface area contributed by atoms with Crippen LogP contribution in [0.1, 0.15) is 42.1 Å². The van der Waals surface area contributed by atoms with Crippen molar-refractivity contribution < 1.29 is 14.3 Å². The van der Waals surface area contributed by atoms with E-state index in [2.05, 4.69) is 10.6 Å². The first kappa shape index (κ1) is 21.4. The number of hydrogen-bond donors (Lipinski definition) is 3. The molecule has 7 heteroatoms. The number of carbonyl (C=O) groups excluding carboxylic acids is 2. The van der Waals surface area contributed by atoms with Crippen molar-refractivity contribution in [1.82, 2.24) is 10.6 Å². The van der Waals surface area contributed by atoms with E-state index in [1.165, 1.54) is 0 Å². The van der Waals surface area contributed by atoms with Gasteiger partial charge in [0.15, 0.2) is 0 Å². The minimum atomic E-state index is -0.533. The Bertz CT molecular complexity index is 574. The maximum atomic E-state index is 12.6. The monoisotopic (exact) mass is 369 g/mol. The summed E-state index contributed by atoms with van der Waals surface area (Å²) in [5.41, 5.74) is 6.82. The van der Waals surface area contributed by atoms with Crippen molar-refractivity contribution in [3.05, 3.63) is 35.4 Å². The number of carbonyl (C=O) groups is 2. The molecule has 1 heterocycles. The molecule has 0 aliphatic carbocycles. The van der Waals surface area contributed by atoms with Crippen LogP contribution >= 0.6 is 12.4 Å². The Morgan fingerprint density at radius 3 is 2.60 bits per heavy atom. The highest BCUT2D eigenvalue weighted by Crippen LogP contribution is 2.29. The molecule has 0 spiro atoms. The zero-order valence-corrected chi connectivity index (χ0v) is 15.5. The van der Waals surface area contributed by atoms with E-state index in [-0.39, 0.29) is 24.2 Å². The van der Waals surface area contributed by atoms with Crippen LogP contribution in [0, 0.1) is 5.41 Å². The molecule has 4 N–H and O–H groups in total. The Morgan fingerprint density at radius 2 is 1.96 bits per heavy atom. The highest BCUT2D eigenvalue weighted by atomic mass is 35.5. The third-order valence-electron chi connectivity index (χ3n) is 4.50. The largest absolute Gasteiger partial charge is 0.381 e. The summed E-state index contributed by atoms with van der Waals surface area (Å²) in [6, 6.07) is 7.31. The summed E-state index contributed by atoms with van der Waals surface area (Å²) in [5, 5.41) is 5.81. The van der Waals surface area contributed by atoms with Gasteiger partial charge in [0.2, 0.25) is 5.91 Å². The predicted molar refractivity (Wildman–Crippen MR) is 99.7 cm³/mol. The molecular weight excluding hydrogens is 342 g/mol. The van der Waals surface area contributed by atoms with E-state index in [0.717, 1.165) is 12.0 Å². The Kier molecular flexibility index (Phi) is 8.89. The molecule has 6 nitrogen and oxygen atoms in total. The van der Waals surface area contributed by atoms with Gasteiger partial charge in [0.25, 0.3) is 5.91 Å². The summed E-state index contributed by atoms with van der Waals surface area (Å²) in [6.07, 6.45) is 2.19. The number of amides is 2. The molecule has 1 aliphatic heterocycles. The van der Waals surface area contributed by atoms with Crippen molar-refractivity contribution in [2.45, 2.75) is 32.7 Å². The van der Waals surface area contributed by atoms with Crippen LogP contribution in [0.15, 0.2) is 24.3 Å². The fourth-order valence-electron chi connectivity index (χ4n) is 2.82. The van der Waals surface area contributed by atoms with Gasteiger partial charge in [-0.25, -0.2) is 0 Å². The van der Waals surface area contributed by atoms with Crippen LogP contribution in [0.4, 0.5) is 0 Å². The van der Waals surface area contributed by atoms with Gasteiger partial charge in [-0.2, -0.15) is 0 Å². The molecule has 1 aromatic rings. The predicted octanol–water partition coefficient (Wildman–Crippen LogP) is 1.62. The number of benzene rings is 1. The second-order valence-corrected chi connectivity index (χ2v) is 6.24. The van der Waals surface area contributed by atoms with E-state index in [1.807, 2.05) is 25.1 Å². The molecule has 1 aliphatic rings. The minimum absolute atomic E-state index is 0. The third-order valence-corrected chi connectivity index (χ3v) is 4.50. The van der Waals surface area contributed by atoms with Gasteiger partial charge in [-0.15, -0.1) is 12.4 Å². The zero-order chi connectivity index (χ0) is 17.4. The number of nitrogens with two attached hydrogens (primary N) is 1. The first-order valence-corrected chi connectivity index (χ1v) is 8.54. The van der Waals surface area contributed by atoms with Crippen molar-refractivity contribution in [3.8, 4) is 0 Å². The van der Waals surface area contributed by atoms with Crippen molar-refractivity contribution in [2.24, 2.45) is 11.1 Å². The first-order valence-electron chi connectivity index (χ1n) is 8.54. The quantitative estimate of drug-likeness (QED) is 0.680. The highest BCUT2D eigenvalue weighted by molar-refractivity contribution is 5.94. The molecule has 0 unspecified atom stereocenters. The number of ether oxygens (including phenoxy) is 1. The zero-order valence-electron chi connectivity index (χ0n) is 14.7. The molecular formula is C18H28ClN3O3. The molecule has 1 fully saturated rings. The Balaban J connectivity index is 0.00000312. The summed E-state index contributed by atoms with van der Waals surface area (Å²) in [6.45, 7) is 4.50. The average Bonchev–Trinajstić information content (AvgIpc) is 2.64. The van der Waals surface area contributed by atoms with Crippen LogP contribution in [0.3, 0.4) is 0 Å². The summed E-state index contributed by atoms with van der Waals surface area (Å²) >= 11 is 0. The van der Waals surface area contributed by atoms with Gasteiger partial charge >= 0.3 is 0 Å². The van der Waals surface area contributed by atoms with Gasteiger partial charge in [0.05, 0.1) is 5.41 Å². The van der Waals surface area contributed by atoms with E-state index >= 15 is 0 Å². The summed E-state index contributed by atoms with van der Waals surface area (Å²) < 4.78 is 5.33. The molecule has 140 valence electrons. The maximum absolute atomic E-state index is 12.6. The molecule has 0 aromatic heterocycles. The van der Waals surface area contributed by atoms with Crippen LogP contribution in [-0.4, -0.2) is 38.1 Å². The van der Waals surface area contributed by atoms with Gasteiger partial charge in [-0.1, -0.05) is 19.1 Å². The normalized spacial score (nSPS) is 15.8. The van der Waals surface area contributed by atoms with E-state index < -0.39 is 5.41 Å². The lowest BCUT2D eigenvalue weighted by Crippen LogP contribution is -2.48. The fourth-order valence-corrected chi connectivity index (χ4v) is 2.82.